The monoisotopic (exact) mass is 293 g/mol. The van der Waals surface area contributed by atoms with E-state index >= 15 is 0 Å². The van der Waals surface area contributed by atoms with Crippen molar-refractivity contribution in [3.8, 4) is 6.07 Å². The number of hydrogen-bond acceptors (Lipinski definition) is 5. The summed E-state index contributed by atoms with van der Waals surface area (Å²) >= 11 is 1.31. The Labute approximate surface area is 121 Å². The molecule has 4 N–H and O–H groups in total. The Balaban J connectivity index is 2.34. The molecule has 0 heterocycles. The predicted octanol–water partition coefficient (Wildman–Crippen LogP) is 1.03. The molecule has 1 aromatic carbocycles. The zero-order valence-corrected chi connectivity index (χ0v) is 11.5. The van der Waals surface area contributed by atoms with Crippen LogP contribution in [0.15, 0.2) is 24.3 Å². The summed E-state index contributed by atoms with van der Waals surface area (Å²) in [5.41, 5.74) is 6.22. The quantitative estimate of drug-likeness (QED) is 0.647. The third-order valence-electron chi connectivity index (χ3n) is 2.41. The van der Waals surface area contributed by atoms with Gasteiger partial charge < -0.3 is 16.2 Å². The lowest BCUT2D eigenvalue weighted by Crippen LogP contribution is -2.32. The van der Waals surface area contributed by atoms with Crippen LogP contribution in [0.25, 0.3) is 0 Å². The van der Waals surface area contributed by atoms with E-state index in [9.17, 15) is 9.59 Å². The average molecular weight is 293 g/mol. The number of nitrogens with two attached hydrogens (primary N) is 1. The summed E-state index contributed by atoms with van der Waals surface area (Å²) in [4.78, 5) is 22.2. The van der Waals surface area contributed by atoms with Crippen LogP contribution >= 0.6 is 11.8 Å². The van der Waals surface area contributed by atoms with Crippen LogP contribution in [-0.4, -0.2) is 34.5 Å². The van der Waals surface area contributed by atoms with E-state index in [0.29, 0.717) is 17.0 Å². The van der Waals surface area contributed by atoms with E-state index in [4.69, 9.17) is 16.1 Å². The van der Waals surface area contributed by atoms with Gasteiger partial charge in [-0.15, -0.1) is 0 Å². The van der Waals surface area contributed by atoms with Crippen LogP contribution in [0.5, 0.6) is 0 Å². The highest BCUT2D eigenvalue weighted by molar-refractivity contribution is 7.99. The number of carbonyl (C=O) groups is 2. The van der Waals surface area contributed by atoms with Gasteiger partial charge in [-0.1, -0.05) is 12.1 Å². The second-order valence-electron chi connectivity index (χ2n) is 3.98. The molecule has 0 bridgehead atoms. The number of thioether (sulfide) groups is 1. The number of nitrogens with one attached hydrogen (secondary N) is 1. The third-order valence-corrected chi connectivity index (χ3v) is 3.50. The van der Waals surface area contributed by atoms with Crippen molar-refractivity contribution in [1.29, 1.82) is 5.26 Å². The standard InChI is InChI=1S/C13H15N3O3S/c14-7-9-3-1-2-4-11(9)16-12(17)5-6-20-8-10(15)13(18)19/h1-4,10H,5-6,8,15H2,(H,16,17)(H,18,19)/t10-/m0/s1. The third kappa shape index (κ3) is 5.30. The van der Waals surface area contributed by atoms with Crippen molar-refractivity contribution < 1.29 is 14.7 Å². The number of amides is 1. The summed E-state index contributed by atoms with van der Waals surface area (Å²) < 4.78 is 0. The summed E-state index contributed by atoms with van der Waals surface area (Å²) in [6.45, 7) is 0. The molecule has 0 aliphatic heterocycles. The normalized spacial score (nSPS) is 11.4. The van der Waals surface area contributed by atoms with Crippen LogP contribution in [0.4, 0.5) is 5.69 Å². The van der Waals surface area contributed by atoms with Gasteiger partial charge in [0.05, 0.1) is 11.3 Å². The molecule has 0 aliphatic rings. The maximum Gasteiger partial charge on any atom is 0.321 e. The molecule has 0 radical (unpaired) electrons. The Bertz CT molecular complexity index is 528. The molecular formula is C13H15N3O3S. The Morgan fingerprint density at radius 2 is 2.15 bits per heavy atom. The number of anilines is 1. The first-order valence-corrected chi connectivity index (χ1v) is 7.05. The minimum absolute atomic E-state index is 0.218. The maximum atomic E-state index is 11.7. The first-order valence-electron chi connectivity index (χ1n) is 5.89. The molecule has 7 heteroatoms. The first-order chi connectivity index (χ1) is 9.54. The fourth-order valence-electron chi connectivity index (χ4n) is 1.35. The minimum Gasteiger partial charge on any atom is -0.480 e. The Kier molecular flexibility index (Phi) is 6.56. The zero-order valence-electron chi connectivity index (χ0n) is 10.7. The van der Waals surface area contributed by atoms with Crippen molar-refractivity contribution >= 4 is 29.3 Å². The van der Waals surface area contributed by atoms with E-state index in [-0.39, 0.29) is 18.1 Å². The highest BCUT2D eigenvalue weighted by atomic mass is 32.2. The van der Waals surface area contributed by atoms with Gasteiger partial charge in [0, 0.05) is 17.9 Å². The fourth-order valence-corrected chi connectivity index (χ4v) is 2.24. The van der Waals surface area contributed by atoms with Crippen LogP contribution in [0, 0.1) is 11.3 Å². The molecule has 1 atom stereocenters. The number of aliphatic carboxylic acids is 1. The molecule has 0 unspecified atom stereocenters. The van der Waals surface area contributed by atoms with Gasteiger partial charge in [0.1, 0.15) is 12.1 Å². The highest BCUT2D eigenvalue weighted by Gasteiger charge is 2.11. The summed E-state index contributed by atoms with van der Waals surface area (Å²) in [5.74, 6) is -0.534. The molecular weight excluding hydrogens is 278 g/mol. The van der Waals surface area contributed by atoms with E-state index in [1.165, 1.54) is 11.8 Å². The summed E-state index contributed by atoms with van der Waals surface area (Å²) in [5, 5.41) is 20.1. The second-order valence-corrected chi connectivity index (χ2v) is 5.13. The van der Waals surface area contributed by atoms with E-state index in [1.54, 1.807) is 24.3 Å². The molecule has 0 saturated carbocycles. The lowest BCUT2D eigenvalue weighted by atomic mass is 10.2. The number of rotatable bonds is 7. The average Bonchev–Trinajstić information content (AvgIpc) is 2.43. The number of nitriles is 1. The predicted molar refractivity (Wildman–Crippen MR) is 77.3 cm³/mol. The smallest absolute Gasteiger partial charge is 0.321 e. The van der Waals surface area contributed by atoms with Crippen molar-refractivity contribution in [2.45, 2.75) is 12.5 Å². The molecule has 6 nitrogen and oxygen atoms in total. The molecule has 0 fully saturated rings. The topological polar surface area (TPSA) is 116 Å². The number of hydrogen-bond donors (Lipinski definition) is 3. The summed E-state index contributed by atoms with van der Waals surface area (Å²) in [6.07, 6.45) is 0.233. The van der Waals surface area contributed by atoms with Crippen LogP contribution < -0.4 is 11.1 Å². The SMILES string of the molecule is N#Cc1ccccc1NC(=O)CCSC[C@H](N)C(=O)O. The lowest BCUT2D eigenvalue weighted by molar-refractivity contribution is -0.137. The Hall–Kier alpha value is -2.04. The minimum atomic E-state index is -1.05. The van der Waals surface area contributed by atoms with E-state index in [2.05, 4.69) is 5.32 Å². The van der Waals surface area contributed by atoms with Crippen molar-refractivity contribution in [3.63, 3.8) is 0 Å². The molecule has 1 amide bonds. The van der Waals surface area contributed by atoms with Gasteiger partial charge in [0.15, 0.2) is 0 Å². The molecule has 0 aromatic heterocycles. The molecule has 1 aromatic rings. The first kappa shape index (κ1) is 16.0. The molecule has 0 aliphatic carbocycles. The van der Waals surface area contributed by atoms with Gasteiger partial charge in [0.2, 0.25) is 5.91 Å². The van der Waals surface area contributed by atoms with Crippen LogP contribution in [-0.2, 0) is 9.59 Å². The number of nitrogens with zero attached hydrogens (tertiary/aromatic N) is 1. The molecule has 20 heavy (non-hydrogen) atoms. The van der Waals surface area contributed by atoms with E-state index in [1.807, 2.05) is 6.07 Å². The molecule has 0 saturated heterocycles. The van der Waals surface area contributed by atoms with Crippen molar-refractivity contribution in [2.24, 2.45) is 5.73 Å². The number of para-hydroxylation sites is 1. The van der Waals surface area contributed by atoms with Gasteiger partial charge in [-0.05, 0) is 12.1 Å². The second kappa shape index (κ2) is 8.19. The Morgan fingerprint density at radius 1 is 1.45 bits per heavy atom. The molecule has 0 spiro atoms. The number of benzene rings is 1. The summed E-state index contributed by atoms with van der Waals surface area (Å²) in [6, 6.07) is 7.81. The van der Waals surface area contributed by atoms with Gasteiger partial charge in [-0.3, -0.25) is 9.59 Å². The Morgan fingerprint density at radius 3 is 2.80 bits per heavy atom. The largest absolute Gasteiger partial charge is 0.480 e. The van der Waals surface area contributed by atoms with Gasteiger partial charge in [-0.25, -0.2) is 0 Å². The van der Waals surface area contributed by atoms with Crippen LogP contribution in [0.3, 0.4) is 0 Å². The van der Waals surface area contributed by atoms with Crippen molar-refractivity contribution in [2.75, 3.05) is 16.8 Å². The van der Waals surface area contributed by atoms with Crippen LogP contribution in [0.2, 0.25) is 0 Å². The summed E-state index contributed by atoms with van der Waals surface area (Å²) in [7, 11) is 0. The number of carboxylic acids is 1. The number of carbonyl (C=O) groups excluding carboxylic acids is 1. The molecule has 1 rings (SSSR count). The van der Waals surface area contributed by atoms with Gasteiger partial charge >= 0.3 is 5.97 Å². The van der Waals surface area contributed by atoms with Gasteiger partial charge in [-0.2, -0.15) is 17.0 Å². The van der Waals surface area contributed by atoms with E-state index < -0.39 is 12.0 Å². The van der Waals surface area contributed by atoms with Crippen molar-refractivity contribution in [1.82, 2.24) is 0 Å². The highest BCUT2D eigenvalue weighted by Crippen LogP contribution is 2.14. The fraction of sp³-hybridized carbons (Fsp3) is 0.308. The van der Waals surface area contributed by atoms with Crippen LogP contribution in [0.1, 0.15) is 12.0 Å². The molecule has 106 valence electrons. The number of carboxylic acid groups (broad SMARTS) is 1. The van der Waals surface area contributed by atoms with Crippen molar-refractivity contribution in [3.05, 3.63) is 29.8 Å². The lowest BCUT2D eigenvalue weighted by Gasteiger charge is -2.07. The van der Waals surface area contributed by atoms with Gasteiger partial charge in [0.25, 0.3) is 0 Å². The zero-order chi connectivity index (χ0) is 15.0. The van der Waals surface area contributed by atoms with E-state index in [0.717, 1.165) is 0 Å². The maximum absolute atomic E-state index is 11.7.